The van der Waals surface area contributed by atoms with Gasteiger partial charge < -0.3 is 4.57 Å². The average molecular weight is 565 g/mol. The van der Waals surface area contributed by atoms with Crippen molar-refractivity contribution in [3.8, 4) is 39.9 Å². The average Bonchev–Trinajstić information content (AvgIpc) is 3.62. The Labute approximate surface area is 252 Å². The van der Waals surface area contributed by atoms with Crippen molar-refractivity contribution >= 4 is 38.5 Å². The van der Waals surface area contributed by atoms with Gasteiger partial charge >= 0.3 is 0 Å². The Balaban J connectivity index is 1.21. The van der Waals surface area contributed by atoms with E-state index in [1.165, 1.54) is 10.8 Å². The quantitative estimate of drug-likeness (QED) is 0.214. The Morgan fingerprint density at radius 1 is 0.409 bits per heavy atom. The Bertz CT molecular complexity index is 2420. The van der Waals surface area contributed by atoms with Crippen molar-refractivity contribution in [3.05, 3.63) is 146 Å². The number of fused-ring (bicyclic) bond motifs is 6. The van der Waals surface area contributed by atoms with Crippen LogP contribution in [0.3, 0.4) is 0 Å². The van der Waals surface area contributed by atoms with E-state index in [1.54, 1.807) is 0 Å². The van der Waals surface area contributed by atoms with Crippen molar-refractivity contribution < 1.29 is 0 Å². The van der Waals surface area contributed by atoms with Crippen molar-refractivity contribution in [3.63, 3.8) is 0 Å². The molecule has 0 aliphatic rings. The summed E-state index contributed by atoms with van der Waals surface area (Å²) in [6.07, 6.45) is 2.22. The minimum atomic E-state index is 0.636. The first-order valence-electron chi connectivity index (χ1n) is 14.6. The molecule has 0 amide bonds. The van der Waals surface area contributed by atoms with Crippen LogP contribution in [0.25, 0.3) is 78.3 Å². The van der Waals surface area contributed by atoms with Gasteiger partial charge in [-0.3, -0.25) is 4.40 Å². The molecule has 0 fully saturated rings. The molecule has 0 aliphatic heterocycles. The zero-order chi connectivity index (χ0) is 29.0. The molecule has 4 heterocycles. The van der Waals surface area contributed by atoms with Crippen molar-refractivity contribution in [2.45, 2.75) is 0 Å². The maximum atomic E-state index is 4.92. The maximum Gasteiger partial charge on any atom is 0.164 e. The van der Waals surface area contributed by atoms with Gasteiger partial charge in [0.05, 0.1) is 22.1 Å². The van der Waals surface area contributed by atoms with Gasteiger partial charge in [-0.05, 0) is 42.5 Å². The lowest BCUT2D eigenvalue weighted by molar-refractivity contribution is 1.07. The lowest BCUT2D eigenvalue weighted by atomic mass is 10.1. The van der Waals surface area contributed by atoms with Crippen molar-refractivity contribution in [2.75, 3.05) is 0 Å². The molecule has 0 radical (unpaired) electrons. The van der Waals surface area contributed by atoms with Crippen LogP contribution in [-0.2, 0) is 0 Å². The van der Waals surface area contributed by atoms with E-state index in [-0.39, 0.29) is 0 Å². The summed E-state index contributed by atoms with van der Waals surface area (Å²) in [5.74, 6) is 1.94. The van der Waals surface area contributed by atoms with Crippen LogP contribution in [0.15, 0.2) is 146 Å². The molecule has 0 aliphatic carbocycles. The summed E-state index contributed by atoms with van der Waals surface area (Å²) < 4.78 is 4.50. The van der Waals surface area contributed by atoms with Gasteiger partial charge in [-0.1, -0.05) is 91.0 Å². The van der Waals surface area contributed by atoms with Gasteiger partial charge in [0, 0.05) is 45.4 Å². The van der Waals surface area contributed by atoms with Crippen LogP contribution in [-0.4, -0.2) is 28.9 Å². The van der Waals surface area contributed by atoms with E-state index in [9.17, 15) is 0 Å². The molecule has 5 aromatic carbocycles. The van der Waals surface area contributed by atoms with Gasteiger partial charge in [-0.2, -0.15) is 0 Å². The van der Waals surface area contributed by atoms with Gasteiger partial charge in [-0.25, -0.2) is 19.9 Å². The first-order valence-corrected chi connectivity index (χ1v) is 14.6. The van der Waals surface area contributed by atoms with Crippen molar-refractivity contribution in [1.82, 2.24) is 28.9 Å². The van der Waals surface area contributed by atoms with E-state index in [0.717, 1.165) is 50.1 Å². The van der Waals surface area contributed by atoms with Crippen molar-refractivity contribution in [2.24, 2.45) is 0 Å². The molecular weight excluding hydrogens is 540 g/mol. The van der Waals surface area contributed by atoms with E-state index >= 15 is 0 Å². The molecule has 44 heavy (non-hydrogen) atoms. The highest BCUT2D eigenvalue weighted by Gasteiger charge is 2.16. The van der Waals surface area contributed by atoms with Crippen LogP contribution in [0.2, 0.25) is 0 Å². The number of rotatable bonds is 4. The zero-order valence-electron chi connectivity index (χ0n) is 23.5. The molecule has 6 nitrogen and oxygen atoms in total. The lowest BCUT2D eigenvalue weighted by Gasteiger charge is -2.11. The minimum absolute atomic E-state index is 0.636. The van der Waals surface area contributed by atoms with E-state index in [1.807, 2.05) is 66.7 Å². The summed E-state index contributed by atoms with van der Waals surface area (Å²) in [4.78, 5) is 19.6. The largest absolute Gasteiger partial charge is 0.309 e. The molecule has 9 rings (SSSR count). The van der Waals surface area contributed by atoms with Gasteiger partial charge in [0.1, 0.15) is 5.65 Å². The predicted octanol–water partition coefficient (Wildman–Crippen LogP) is 8.77. The molecule has 9 aromatic rings. The van der Waals surface area contributed by atoms with Crippen LogP contribution in [0.4, 0.5) is 0 Å². The second-order valence-corrected chi connectivity index (χ2v) is 10.8. The Kier molecular flexibility index (Phi) is 5.40. The number of imidazole rings is 1. The fourth-order valence-corrected chi connectivity index (χ4v) is 6.09. The Hall–Kier alpha value is -6.14. The standard InChI is InChI=1S/C38H24N6/c1-3-11-25(12-4-1)36-40-37(26-13-5-2-6-14-26)42-38(41-36)27-19-21-28(22-20-27)44-32-17-9-7-15-29(32)30-24-43-33-18-10-8-16-31(33)39-35(43)23-34(30)44/h1-24H. The van der Waals surface area contributed by atoms with Crippen LogP contribution < -0.4 is 0 Å². The van der Waals surface area contributed by atoms with Gasteiger partial charge in [0.15, 0.2) is 17.5 Å². The monoisotopic (exact) mass is 564 g/mol. The normalized spacial score (nSPS) is 11.6. The van der Waals surface area contributed by atoms with Crippen LogP contribution in [0, 0.1) is 0 Å². The van der Waals surface area contributed by atoms with Crippen LogP contribution >= 0.6 is 0 Å². The number of hydrogen-bond donors (Lipinski definition) is 0. The smallest absolute Gasteiger partial charge is 0.164 e. The Morgan fingerprint density at radius 2 is 0.955 bits per heavy atom. The summed E-state index contributed by atoms with van der Waals surface area (Å²) in [6, 6.07) is 47.6. The molecule has 6 heteroatoms. The van der Waals surface area contributed by atoms with Crippen LogP contribution in [0.5, 0.6) is 0 Å². The van der Waals surface area contributed by atoms with Gasteiger partial charge in [0.25, 0.3) is 0 Å². The summed E-state index contributed by atoms with van der Waals surface area (Å²) in [7, 11) is 0. The molecular formula is C38H24N6. The fraction of sp³-hybridized carbons (Fsp3) is 0. The highest BCUT2D eigenvalue weighted by molar-refractivity contribution is 6.10. The van der Waals surface area contributed by atoms with E-state index in [2.05, 4.69) is 88.0 Å². The third kappa shape index (κ3) is 3.89. The number of para-hydroxylation sites is 3. The number of pyridine rings is 1. The maximum absolute atomic E-state index is 4.92. The van der Waals surface area contributed by atoms with Gasteiger partial charge in [0.2, 0.25) is 0 Å². The third-order valence-corrected chi connectivity index (χ3v) is 8.18. The summed E-state index contributed by atoms with van der Waals surface area (Å²) in [6.45, 7) is 0. The second kappa shape index (κ2) is 9.71. The number of aromatic nitrogens is 6. The number of hydrogen-bond acceptors (Lipinski definition) is 4. The minimum Gasteiger partial charge on any atom is -0.309 e. The van der Waals surface area contributed by atoms with E-state index < -0.39 is 0 Å². The molecule has 0 N–H and O–H groups in total. The summed E-state index contributed by atoms with van der Waals surface area (Å²) >= 11 is 0. The van der Waals surface area contributed by atoms with E-state index in [0.29, 0.717) is 17.5 Å². The highest BCUT2D eigenvalue weighted by Crippen LogP contribution is 2.34. The molecule has 0 bridgehead atoms. The number of benzene rings is 5. The Morgan fingerprint density at radius 3 is 1.61 bits per heavy atom. The predicted molar refractivity (Wildman–Crippen MR) is 177 cm³/mol. The molecule has 0 atom stereocenters. The van der Waals surface area contributed by atoms with E-state index in [4.69, 9.17) is 19.9 Å². The molecule has 0 saturated heterocycles. The fourth-order valence-electron chi connectivity index (χ4n) is 6.09. The topological polar surface area (TPSA) is 60.9 Å². The highest BCUT2D eigenvalue weighted by atomic mass is 15.0. The SMILES string of the molecule is c1ccc(-c2nc(-c3ccccc3)nc(-c3ccc(-n4c5ccccc5c5cn6c(cc54)nc4ccccc46)cc3)n2)cc1. The number of nitrogens with zero attached hydrogens (tertiary/aromatic N) is 6. The zero-order valence-corrected chi connectivity index (χ0v) is 23.5. The van der Waals surface area contributed by atoms with Gasteiger partial charge in [-0.15, -0.1) is 0 Å². The third-order valence-electron chi connectivity index (χ3n) is 8.18. The molecule has 206 valence electrons. The van der Waals surface area contributed by atoms with Crippen molar-refractivity contribution in [1.29, 1.82) is 0 Å². The summed E-state index contributed by atoms with van der Waals surface area (Å²) in [5.41, 5.74) is 9.16. The first-order chi connectivity index (χ1) is 21.8. The molecule has 4 aromatic heterocycles. The second-order valence-electron chi connectivity index (χ2n) is 10.8. The first kappa shape index (κ1) is 24.5. The molecule has 0 unspecified atom stereocenters. The lowest BCUT2D eigenvalue weighted by Crippen LogP contribution is -2.00. The van der Waals surface area contributed by atoms with Crippen LogP contribution in [0.1, 0.15) is 0 Å². The molecule has 0 spiro atoms. The molecule has 0 saturated carbocycles. The summed E-state index contributed by atoms with van der Waals surface area (Å²) in [5, 5.41) is 2.38.